The molecule has 0 unspecified atom stereocenters. The molecule has 0 radical (unpaired) electrons. The number of hydrogen-bond acceptors (Lipinski definition) is 4. The Kier molecular flexibility index (Phi) is 8.32. The second kappa shape index (κ2) is 11.6. The Morgan fingerprint density at radius 3 is 1.52 bits per heavy atom. The number of carbonyl (C=O) groups is 3. The molecule has 3 N–H and O–H groups in total. The first-order valence-electron chi connectivity index (χ1n) is 10.8. The van der Waals surface area contributed by atoms with Crippen molar-refractivity contribution in [2.75, 3.05) is 35.6 Å². The highest BCUT2D eigenvalue weighted by atomic mass is 16.2. The lowest BCUT2D eigenvalue weighted by molar-refractivity contribution is -0.120. The highest BCUT2D eigenvalue weighted by molar-refractivity contribution is 5.95. The average Bonchev–Trinajstić information content (AvgIpc) is 2.80. The standard InChI is InChI=1S/C26H28N4O3/c1-3-30(18-26(33)29-24-15-13-22(14-16-24)27-19(2)31)17-25(32)28-23-11-9-21(10-12-23)20-7-5-4-6-8-20/h4-16H,3,17-18H2,1-2H3,(H,27,31)(H,28,32)(H,29,33). The molecule has 7 heteroatoms. The van der Waals surface area contributed by atoms with Crippen LogP contribution in [0, 0.1) is 0 Å². The molecule has 0 aromatic heterocycles. The molecule has 0 spiro atoms. The van der Waals surface area contributed by atoms with Crippen molar-refractivity contribution >= 4 is 34.8 Å². The van der Waals surface area contributed by atoms with Crippen LogP contribution >= 0.6 is 0 Å². The number of anilines is 3. The Labute approximate surface area is 193 Å². The first-order chi connectivity index (χ1) is 15.9. The fourth-order valence-corrected chi connectivity index (χ4v) is 3.30. The van der Waals surface area contributed by atoms with Crippen molar-refractivity contribution in [3.63, 3.8) is 0 Å². The van der Waals surface area contributed by atoms with E-state index in [9.17, 15) is 14.4 Å². The lowest BCUT2D eigenvalue weighted by atomic mass is 10.1. The summed E-state index contributed by atoms with van der Waals surface area (Å²) >= 11 is 0. The number of amides is 3. The molecule has 3 amide bonds. The molecule has 7 nitrogen and oxygen atoms in total. The summed E-state index contributed by atoms with van der Waals surface area (Å²) in [5.74, 6) is -0.559. The van der Waals surface area contributed by atoms with E-state index in [0.717, 1.165) is 11.1 Å². The van der Waals surface area contributed by atoms with Crippen molar-refractivity contribution in [2.45, 2.75) is 13.8 Å². The summed E-state index contributed by atoms with van der Waals surface area (Å²) in [7, 11) is 0. The Balaban J connectivity index is 1.49. The molecule has 0 aliphatic carbocycles. The average molecular weight is 445 g/mol. The maximum atomic E-state index is 12.5. The third kappa shape index (κ3) is 7.59. The smallest absolute Gasteiger partial charge is 0.238 e. The molecule has 0 fully saturated rings. The van der Waals surface area contributed by atoms with Crippen LogP contribution in [0.5, 0.6) is 0 Å². The van der Waals surface area contributed by atoms with E-state index in [1.165, 1.54) is 6.92 Å². The van der Waals surface area contributed by atoms with Gasteiger partial charge in [0.25, 0.3) is 0 Å². The van der Waals surface area contributed by atoms with Gasteiger partial charge in [0.15, 0.2) is 0 Å². The van der Waals surface area contributed by atoms with Gasteiger partial charge in [0.2, 0.25) is 17.7 Å². The van der Waals surface area contributed by atoms with Crippen LogP contribution in [-0.4, -0.2) is 42.3 Å². The quantitative estimate of drug-likeness (QED) is 0.461. The van der Waals surface area contributed by atoms with Gasteiger partial charge in [-0.05, 0) is 54.1 Å². The predicted molar refractivity (Wildman–Crippen MR) is 132 cm³/mol. The van der Waals surface area contributed by atoms with Crippen LogP contribution < -0.4 is 16.0 Å². The van der Waals surface area contributed by atoms with Crippen LogP contribution in [0.3, 0.4) is 0 Å². The molecule has 3 aromatic carbocycles. The minimum Gasteiger partial charge on any atom is -0.326 e. The van der Waals surface area contributed by atoms with Gasteiger partial charge in [0.1, 0.15) is 0 Å². The summed E-state index contributed by atoms with van der Waals surface area (Å²) in [4.78, 5) is 37.7. The van der Waals surface area contributed by atoms with Gasteiger partial charge in [-0.2, -0.15) is 0 Å². The normalized spacial score (nSPS) is 10.5. The van der Waals surface area contributed by atoms with Crippen LogP contribution in [-0.2, 0) is 14.4 Å². The number of likely N-dealkylation sites (N-methyl/N-ethyl adjacent to an activating group) is 1. The van der Waals surface area contributed by atoms with E-state index in [0.29, 0.717) is 23.6 Å². The highest BCUT2D eigenvalue weighted by Gasteiger charge is 2.14. The van der Waals surface area contributed by atoms with Crippen molar-refractivity contribution in [1.82, 2.24) is 4.90 Å². The van der Waals surface area contributed by atoms with Crippen LogP contribution in [0.15, 0.2) is 78.9 Å². The van der Waals surface area contributed by atoms with Gasteiger partial charge in [-0.3, -0.25) is 19.3 Å². The highest BCUT2D eigenvalue weighted by Crippen LogP contribution is 2.21. The van der Waals surface area contributed by atoms with Crippen molar-refractivity contribution in [3.05, 3.63) is 78.9 Å². The fourth-order valence-electron chi connectivity index (χ4n) is 3.30. The van der Waals surface area contributed by atoms with Gasteiger partial charge in [-0.1, -0.05) is 49.4 Å². The molecule has 170 valence electrons. The fraction of sp³-hybridized carbons (Fsp3) is 0.192. The van der Waals surface area contributed by atoms with E-state index >= 15 is 0 Å². The van der Waals surface area contributed by atoms with E-state index < -0.39 is 0 Å². The van der Waals surface area contributed by atoms with Gasteiger partial charge < -0.3 is 16.0 Å². The Hall–Kier alpha value is -3.97. The lowest BCUT2D eigenvalue weighted by Crippen LogP contribution is -2.38. The predicted octanol–water partition coefficient (Wildman–Crippen LogP) is 4.21. The third-order valence-electron chi connectivity index (χ3n) is 4.95. The number of hydrogen-bond donors (Lipinski definition) is 3. The van der Waals surface area contributed by atoms with Crippen LogP contribution in [0.4, 0.5) is 17.1 Å². The van der Waals surface area contributed by atoms with E-state index in [4.69, 9.17) is 0 Å². The molecule has 0 atom stereocenters. The summed E-state index contributed by atoms with van der Waals surface area (Å²) in [6.45, 7) is 4.08. The molecule has 3 aromatic rings. The summed E-state index contributed by atoms with van der Waals surface area (Å²) in [5.41, 5.74) is 4.17. The van der Waals surface area contributed by atoms with Crippen LogP contribution in [0.25, 0.3) is 11.1 Å². The van der Waals surface area contributed by atoms with Gasteiger partial charge in [-0.25, -0.2) is 0 Å². The van der Waals surface area contributed by atoms with Crippen molar-refractivity contribution in [2.24, 2.45) is 0 Å². The maximum absolute atomic E-state index is 12.5. The molecule has 0 aliphatic heterocycles. The first-order valence-corrected chi connectivity index (χ1v) is 10.8. The Bertz CT molecular complexity index is 1080. The van der Waals surface area contributed by atoms with Gasteiger partial charge in [0, 0.05) is 24.0 Å². The minimum absolute atomic E-state index is 0.0876. The molecule has 3 rings (SSSR count). The summed E-state index contributed by atoms with van der Waals surface area (Å²) < 4.78 is 0. The second-order valence-electron chi connectivity index (χ2n) is 7.60. The SMILES string of the molecule is CCN(CC(=O)Nc1ccc(NC(C)=O)cc1)CC(=O)Nc1ccc(-c2ccccc2)cc1. The molecule has 0 heterocycles. The van der Waals surface area contributed by atoms with E-state index in [-0.39, 0.29) is 30.8 Å². The number of nitrogens with zero attached hydrogens (tertiary/aromatic N) is 1. The van der Waals surface area contributed by atoms with E-state index in [1.807, 2.05) is 61.5 Å². The zero-order chi connectivity index (χ0) is 23.6. The molecule has 33 heavy (non-hydrogen) atoms. The monoisotopic (exact) mass is 444 g/mol. The number of nitrogens with one attached hydrogen (secondary N) is 3. The van der Waals surface area contributed by atoms with Crippen molar-refractivity contribution < 1.29 is 14.4 Å². The van der Waals surface area contributed by atoms with Crippen LogP contribution in [0.1, 0.15) is 13.8 Å². The van der Waals surface area contributed by atoms with Crippen molar-refractivity contribution in [3.8, 4) is 11.1 Å². The molecule has 0 bridgehead atoms. The third-order valence-corrected chi connectivity index (χ3v) is 4.95. The summed E-state index contributed by atoms with van der Waals surface area (Å²) in [5, 5.41) is 8.37. The molecule has 0 saturated heterocycles. The number of benzene rings is 3. The number of rotatable bonds is 9. The van der Waals surface area contributed by atoms with E-state index in [1.54, 1.807) is 29.2 Å². The minimum atomic E-state index is -0.218. The van der Waals surface area contributed by atoms with E-state index in [2.05, 4.69) is 16.0 Å². The summed E-state index contributed by atoms with van der Waals surface area (Å²) in [6.07, 6.45) is 0. The van der Waals surface area contributed by atoms with Crippen LogP contribution in [0.2, 0.25) is 0 Å². The second-order valence-corrected chi connectivity index (χ2v) is 7.60. The topological polar surface area (TPSA) is 90.5 Å². The molecular weight excluding hydrogens is 416 g/mol. The van der Waals surface area contributed by atoms with Crippen molar-refractivity contribution in [1.29, 1.82) is 0 Å². The zero-order valence-corrected chi connectivity index (χ0v) is 18.8. The first kappa shape index (κ1) is 23.7. The zero-order valence-electron chi connectivity index (χ0n) is 18.8. The van der Waals surface area contributed by atoms with Gasteiger partial charge in [-0.15, -0.1) is 0 Å². The maximum Gasteiger partial charge on any atom is 0.238 e. The molecule has 0 saturated carbocycles. The Morgan fingerprint density at radius 2 is 1.06 bits per heavy atom. The van der Waals surface area contributed by atoms with Gasteiger partial charge in [0.05, 0.1) is 13.1 Å². The largest absolute Gasteiger partial charge is 0.326 e. The summed E-state index contributed by atoms with van der Waals surface area (Å²) in [6, 6.07) is 24.5. The lowest BCUT2D eigenvalue weighted by Gasteiger charge is -2.19. The molecule has 0 aliphatic rings. The number of carbonyl (C=O) groups excluding carboxylic acids is 3. The molecular formula is C26H28N4O3. The Morgan fingerprint density at radius 1 is 0.636 bits per heavy atom. The van der Waals surface area contributed by atoms with Gasteiger partial charge >= 0.3 is 0 Å².